The number of benzene rings is 3. The van der Waals surface area contributed by atoms with Gasteiger partial charge < -0.3 is 19.3 Å². The molecule has 9 heteroatoms. The van der Waals surface area contributed by atoms with E-state index in [4.69, 9.17) is 32.7 Å². The van der Waals surface area contributed by atoms with Gasteiger partial charge in [-0.15, -0.1) is 0 Å². The van der Waals surface area contributed by atoms with Crippen molar-refractivity contribution in [2.75, 3.05) is 5.32 Å². The van der Waals surface area contributed by atoms with Crippen molar-refractivity contribution in [2.24, 2.45) is 0 Å². The third-order valence-electron chi connectivity index (χ3n) is 5.54. The van der Waals surface area contributed by atoms with Gasteiger partial charge in [-0.25, -0.2) is 4.98 Å². The third kappa shape index (κ3) is 4.82. The maximum absolute atomic E-state index is 12.6. The summed E-state index contributed by atoms with van der Waals surface area (Å²) in [5, 5.41) is 16.6. The molecule has 0 saturated carbocycles. The molecule has 1 amide bonds. The molecular weight excluding hydrogens is 498 g/mol. The van der Waals surface area contributed by atoms with Gasteiger partial charge in [0.05, 0.1) is 5.56 Å². The summed E-state index contributed by atoms with van der Waals surface area (Å²) < 4.78 is 11.5. The normalized spacial score (nSPS) is 11.0. The molecule has 0 unspecified atom stereocenters. The summed E-state index contributed by atoms with van der Waals surface area (Å²) in [5.74, 6) is 0.342. The Labute approximate surface area is 216 Å². The van der Waals surface area contributed by atoms with Crippen molar-refractivity contribution in [3.05, 3.63) is 88.6 Å². The van der Waals surface area contributed by atoms with Crippen LogP contribution in [0.25, 0.3) is 33.9 Å². The van der Waals surface area contributed by atoms with Crippen molar-refractivity contribution in [3.63, 3.8) is 0 Å². The minimum Gasteiger partial charge on any atom is -0.507 e. The van der Waals surface area contributed by atoms with Gasteiger partial charge in [0.1, 0.15) is 17.0 Å². The van der Waals surface area contributed by atoms with Crippen molar-refractivity contribution in [1.82, 2.24) is 10.3 Å². The molecular formula is C27H20ClN3O4S. The van der Waals surface area contributed by atoms with Crippen LogP contribution in [0.4, 0.5) is 5.69 Å². The number of thiocarbonyl (C=S) groups is 1. The Hall–Kier alpha value is -4.14. The van der Waals surface area contributed by atoms with Gasteiger partial charge in [-0.05, 0) is 79.7 Å². The predicted molar refractivity (Wildman–Crippen MR) is 143 cm³/mol. The average Bonchev–Trinajstić information content (AvgIpc) is 3.48. The van der Waals surface area contributed by atoms with Crippen LogP contribution in [0.5, 0.6) is 5.75 Å². The van der Waals surface area contributed by atoms with Crippen molar-refractivity contribution in [1.29, 1.82) is 0 Å². The van der Waals surface area contributed by atoms with Gasteiger partial charge in [-0.2, -0.15) is 0 Å². The monoisotopic (exact) mass is 517 g/mol. The Kier molecular flexibility index (Phi) is 6.22. The molecule has 0 radical (unpaired) electrons. The molecule has 36 heavy (non-hydrogen) atoms. The van der Waals surface area contributed by atoms with Crippen molar-refractivity contribution in [3.8, 4) is 28.5 Å². The van der Waals surface area contributed by atoms with Gasteiger partial charge in [0, 0.05) is 22.3 Å². The zero-order valence-electron chi connectivity index (χ0n) is 19.3. The Morgan fingerprint density at radius 2 is 1.83 bits per heavy atom. The van der Waals surface area contributed by atoms with Crippen molar-refractivity contribution in [2.45, 2.75) is 13.8 Å². The molecule has 180 valence electrons. The van der Waals surface area contributed by atoms with Crippen LogP contribution in [-0.2, 0) is 0 Å². The molecule has 0 aliphatic rings. The zero-order chi connectivity index (χ0) is 25.4. The summed E-state index contributed by atoms with van der Waals surface area (Å²) >= 11 is 11.4. The Morgan fingerprint density at radius 3 is 2.61 bits per heavy atom. The number of rotatable bonds is 4. The fourth-order valence-corrected chi connectivity index (χ4v) is 4.02. The highest BCUT2D eigenvalue weighted by Gasteiger charge is 2.16. The largest absolute Gasteiger partial charge is 0.507 e. The van der Waals surface area contributed by atoms with Crippen LogP contribution < -0.4 is 10.6 Å². The van der Waals surface area contributed by atoms with Gasteiger partial charge in [-0.1, -0.05) is 29.8 Å². The van der Waals surface area contributed by atoms with Gasteiger partial charge in [0.15, 0.2) is 16.5 Å². The number of furan rings is 1. The number of hydrogen-bond acceptors (Lipinski definition) is 6. The number of hydrogen-bond donors (Lipinski definition) is 3. The lowest BCUT2D eigenvalue weighted by atomic mass is 10.1. The Morgan fingerprint density at radius 1 is 1.00 bits per heavy atom. The second-order valence-electron chi connectivity index (χ2n) is 8.26. The fourth-order valence-electron chi connectivity index (χ4n) is 3.63. The molecule has 5 rings (SSSR count). The molecule has 0 saturated heterocycles. The molecule has 0 aliphatic carbocycles. The Bertz CT molecular complexity index is 1640. The van der Waals surface area contributed by atoms with Crippen LogP contribution in [-0.4, -0.2) is 21.1 Å². The lowest BCUT2D eigenvalue weighted by molar-refractivity contribution is 0.0951. The van der Waals surface area contributed by atoms with E-state index in [-0.39, 0.29) is 16.6 Å². The fraction of sp³-hybridized carbons (Fsp3) is 0.0741. The van der Waals surface area contributed by atoms with E-state index < -0.39 is 5.91 Å². The zero-order valence-corrected chi connectivity index (χ0v) is 20.8. The number of aromatic hydroxyl groups is 1. The van der Waals surface area contributed by atoms with E-state index in [1.54, 1.807) is 30.3 Å². The van der Waals surface area contributed by atoms with E-state index in [9.17, 15) is 9.90 Å². The topological polar surface area (TPSA) is 101 Å². The SMILES string of the molecule is Cc1ccc2nc(-c3ccc(NC(=S)NC(=O)c4ccc(-c5ccc(C)c(Cl)c5)o4)cc3O)oc2c1. The van der Waals surface area contributed by atoms with Gasteiger partial charge in [-0.3, -0.25) is 10.1 Å². The summed E-state index contributed by atoms with van der Waals surface area (Å²) in [6, 6.07) is 19.3. The second-order valence-corrected chi connectivity index (χ2v) is 9.07. The number of phenols is 1. The number of carbonyl (C=O) groups excluding carboxylic acids is 1. The summed E-state index contributed by atoms with van der Waals surface area (Å²) in [5.41, 5.74) is 5.01. The molecule has 2 heterocycles. The number of fused-ring (bicyclic) bond motifs is 1. The third-order valence-corrected chi connectivity index (χ3v) is 6.15. The number of anilines is 1. The lowest BCUT2D eigenvalue weighted by Gasteiger charge is -2.10. The summed E-state index contributed by atoms with van der Waals surface area (Å²) in [4.78, 5) is 17.0. The highest BCUT2D eigenvalue weighted by atomic mass is 35.5. The number of aryl methyl sites for hydroxylation is 2. The minimum absolute atomic E-state index is 0.0424. The Balaban J connectivity index is 1.26. The molecule has 0 aliphatic heterocycles. The minimum atomic E-state index is -0.514. The van der Waals surface area contributed by atoms with Crippen LogP contribution >= 0.6 is 23.8 Å². The van der Waals surface area contributed by atoms with Crippen molar-refractivity contribution < 1.29 is 18.7 Å². The van der Waals surface area contributed by atoms with Crippen molar-refractivity contribution >= 4 is 51.6 Å². The first-order valence-electron chi connectivity index (χ1n) is 11.0. The number of nitrogens with one attached hydrogen (secondary N) is 2. The van der Waals surface area contributed by atoms with Crippen LogP contribution in [0.3, 0.4) is 0 Å². The van der Waals surface area contributed by atoms with E-state index in [0.29, 0.717) is 39.0 Å². The van der Waals surface area contributed by atoms with Gasteiger partial charge >= 0.3 is 0 Å². The van der Waals surface area contributed by atoms with Crippen LogP contribution in [0.15, 0.2) is 75.6 Å². The summed E-state index contributed by atoms with van der Waals surface area (Å²) in [7, 11) is 0. The van der Waals surface area contributed by atoms with Gasteiger partial charge in [0.25, 0.3) is 5.91 Å². The maximum atomic E-state index is 12.6. The van der Waals surface area contributed by atoms with Crippen LogP contribution in [0.2, 0.25) is 5.02 Å². The quantitative estimate of drug-likeness (QED) is 0.224. The van der Waals surface area contributed by atoms with E-state index in [1.807, 2.05) is 44.2 Å². The maximum Gasteiger partial charge on any atom is 0.293 e. The number of amides is 1. The molecule has 3 aromatic carbocycles. The highest BCUT2D eigenvalue weighted by Crippen LogP contribution is 2.33. The molecule has 7 nitrogen and oxygen atoms in total. The van der Waals surface area contributed by atoms with E-state index in [0.717, 1.165) is 16.7 Å². The molecule has 0 atom stereocenters. The molecule has 2 aromatic heterocycles. The number of halogens is 1. The van der Waals surface area contributed by atoms with E-state index in [2.05, 4.69) is 15.6 Å². The first-order chi connectivity index (χ1) is 17.3. The summed E-state index contributed by atoms with van der Waals surface area (Å²) in [6.07, 6.45) is 0. The standard InChI is InChI=1S/C27H20ClN3O4S/c1-14-3-8-20-24(11-14)35-26(30-20)18-7-6-17(13-21(18)32)29-27(36)31-25(33)23-10-9-22(34-23)16-5-4-15(2)19(28)12-16/h3-13,32H,1-2H3,(H2,29,31,33,36). The van der Waals surface area contributed by atoms with E-state index >= 15 is 0 Å². The number of aromatic nitrogens is 1. The number of carbonyl (C=O) groups is 1. The number of phenolic OH excluding ortho intramolecular Hbond substituents is 1. The first kappa shape index (κ1) is 23.6. The second kappa shape index (κ2) is 9.49. The smallest absolute Gasteiger partial charge is 0.293 e. The van der Waals surface area contributed by atoms with Gasteiger partial charge in [0.2, 0.25) is 5.89 Å². The molecule has 0 bridgehead atoms. The van der Waals surface area contributed by atoms with Crippen LogP contribution in [0, 0.1) is 13.8 Å². The number of nitrogens with zero attached hydrogens (tertiary/aromatic N) is 1. The average molecular weight is 518 g/mol. The summed E-state index contributed by atoms with van der Waals surface area (Å²) in [6.45, 7) is 3.87. The molecule has 3 N–H and O–H groups in total. The van der Waals surface area contributed by atoms with E-state index in [1.165, 1.54) is 6.07 Å². The molecule has 0 spiro atoms. The number of oxazole rings is 1. The first-order valence-corrected chi connectivity index (χ1v) is 11.7. The molecule has 5 aromatic rings. The predicted octanol–water partition coefficient (Wildman–Crippen LogP) is 6.86. The highest BCUT2D eigenvalue weighted by molar-refractivity contribution is 7.80. The van der Waals surface area contributed by atoms with Crippen LogP contribution in [0.1, 0.15) is 21.7 Å². The lowest BCUT2D eigenvalue weighted by Crippen LogP contribution is -2.33. The molecule has 0 fully saturated rings.